The van der Waals surface area contributed by atoms with Crippen LogP contribution in [0, 0.1) is 0 Å². The van der Waals surface area contributed by atoms with Crippen LogP contribution in [0.5, 0.6) is 5.75 Å². The molecule has 0 bridgehead atoms. The Kier molecular flexibility index (Phi) is 5.74. The van der Waals surface area contributed by atoms with Gasteiger partial charge >= 0.3 is 5.97 Å². The van der Waals surface area contributed by atoms with Crippen molar-refractivity contribution in [3.05, 3.63) is 59.7 Å². The fourth-order valence-corrected chi connectivity index (χ4v) is 2.03. The van der Waals surface area contributed by atoms with Gasteiger partial charge in [-0.05, 0) is 42.3 Å². The first-order valence-electron chi connectivity index (χ1n) is 7.32. The number of hydrogen-bond acceptors (Lipinski definition) is 4. The first-order valence-corrected chi connectivity index (χ1v) is 7.32. The van der Waals surface area contributed by atoms with Crippen molar-refractivity contribution in [2.24, 2.45) is 0 Å². The molecule has 0 atom stereocenters. The highest BCUT2D eigenvalue weighted by Crippen LogP contribution is 2.14. The molecule has 0 aliphatic heterocycles. The first kappa shape index (κ1) is 16.5. The van der Waals surface area contributed by atoms with Crippen LogP contribution in [-0.4, -0.2) is 25.6 Å². The summed E-state index contributed by atoms with van der Waals surface area (Å²) in [5.74, 6) is -0.392. The van der Waals surface area contributed by atoms with Gasteiger partial charge < -0.3 is 14.8 Å². The van der Waals surface area contributed by atoms with Gasteiger partial charge in [-0.3, -0.25) is 4.79 Å². The van der Waals surface area contributed by atoms with Crippen molar-refractivity contribution < 1.29 is 19.1 Å². The highest BCUT2D eigenvalue weighted by atomic mass is 16.5. The molecule has 5 heteroatoms. The molecule has 0 saturated carbocycles. The van der Waals surface area contributed by atoms with Crippen molar-refractivity contribution in [2.75, 3.05) is 19.0 Å². The van der Waals surface area contributed by atoms with E-state index in [-0.39, 0.29) is 12.5 Å². The molecular formula is C18H19NO4. The lowest BCUT2D eigenvalue weighted by Crippen LogP contribution is -2.21. The molecule has 2 aromatic carbocycles. The largest absolute Gasteiger partial charge is 0.497 e. The lowest BCUT2D eigenvalue weighted by atomic mass is 10.1. The van der Waals surface area contributed by atoms with Crippen LogP contribution < -0.4 is 10.1 Å². The second kappa shape index (κ2) is 7.98. The molecule has 0 aliphatic rings. The SMILES string of the molecule is CCc1cccc(NC(=O)COC(=O)c2cccc(OC)c2)c1. The maximum Gasteiger partial charge on any atom is 0.338 e. The summed E-state index contributed by atoms with van der Waals surface area (Å²) in [4.78, 5) is 23.8. The number of rotatable bonds is 6. The van der Waals surface area contributed by atoms with Gasteiger partial charge in [-0.2, -0.15) is 0 Å². The Hall–Kier alpha value is -2.82. The number of carbonyl (C=O) groups excluding carboxylic acids is 2. The monoisotopic (exact) mass is 313 g/mol. The molecule has 0 fully saturated rings. The Bertz CT molecular complexity index is 697. The third-order valence-electron chi connectivity index (χ3n) is 3.26. The van der Waals surface area contributed by atoms with E-state index in [2.05, 4.69) is 5.32 Å². The van der Waals surface area contributed by atoms with Gasteiger partial charge in [-0.1, -0.05) is 25.1 Å². The van der Waals surface area contributed by atoms with Crippen LogP contribution in [0.15, 0.2) is 48.5 Å². The number of nitrogens with one attached hydrogen (secondary N) is 1. The van der Waals surface area contributed by atoms with Gasteiger partial charge in [0.15, 0.2) is 6.61 Å². The Morgan fingerprint density at radius 1 is 1.09 bits per heavy atom. The van der Waals surface area contributed by atoms with Crippen LogP contribution in [0.4, 0.5) is 5.69 Å². The zero-order valence-corrected chi connectivity index (χ0v) is 13.2. The number of hydrogen-bond donors (Lipinski definition) is 1. The van der Waals surface area contributed by atoms with Crippen LogP contribution in [0.2, 0.25) is 0 Å². The molecule has 23 heavy (non-hydrogen) atoms. The Balaban J connectivity index is 1.89. The van der Waals surface area contributed by atoms with Gasteiger partial charge in [0.1, 0.15) is 5.75 Å². The highest BCUT2D eigenvalue weighted by molar-refractivity contribution is 5.95. The summed E-state index contributed by atoms with van der Waals surface area (Å²) in [6, 6.07) is 14.1. The Labute approximate surface area is 135 Å². The smallest absolute Gasteiger partial charge is 0.338 e. The molecule has 0 aliphatic carbocycles. The van der Waals surface area contributed by atoms with Crippen molar-refractivity contribution in [3.63, 3.8) is 0 Å². The third kappa shape index (κ3) is 4.85. The maximum absolute atomic E-state index is 11.9. The van der Waals surface area contributed by atoms with E-state index in [9.17, 15) is 9.59 Å². The average molecular weight is 313 g/mol. The van der Waals surface area contributed by atoms with Crippen LogP contribution >= 0.6 is 0 Å². The van der Waals surface area contributed by atoms with Crippen LogP contribution in [-0.2, 0) is 16.0 Å². The van der Waals surface area contributed by atoms with Crippen LogP contribution in [0.1, 0.15) is 22.8 Å². The minimum absolute atomic E-state index is 0.338. The van der Waals surface area contributed by atoms with E-state index in [1.165, 1.54) is 7.11 Å². The van der Waals surface area contributed by atoms with E-state index in [4.69, 9.17) is 9.47 Å². The summed E-state index contributed by atoms with van der Waals surface area (Å²) in [6.45, 7) is 1.70. The molecule has 2 aromatic rings. The number of benzene rings is 2. The number of esters is 1. The molecule has 0 aromatic heterocycles. The number of carbonyl (C=O) groups is 2. The topological polar surface area (TPSA) is 64.6 Å². The Morgan fingerprint density at radius 2 is 1.87 bits per heavy atom. The van der Waals surface area contributed by atoms with Crippen LogP contribution in [0.25, 0.3) is 0 Å². The third-order valence-corrected chi connectivity index (χ3v) is 3.26. The second-order valence-electron chi connectivity index (χ2n) is 4.91. The standard InChI is InChI=1S/C18H19NO4/c1-3-13-6-4-8-15(10-13)19-17(20)12-23-18(21)14-7-5-9-16(11-14)22-2/h4-11H,3,12H2,1-2H3,(H,19,20). The molecule has 0 unspecified atom stereocenters. The van der Waals surface area contributed by atoms with Crippen molar-refractivity contribution >= 4 is 17.6 Å². The molecular weight excluding hydrogens is 294 g/mol. The van der Waals surface area contributed by atoms with Gasteiger partial charge in [0.25, 0.3) is 5.91 Å². The minimum atomic E-state index is -0.568. The number of amides is 1. The molecule has 0 saturated heterocycles. The lowest BCUT2D eigenvalue weighted by Gasteiger charge is -2.08. The van der Waals surface area contributed by atoms with E-state index >= 15 is 0 Å². The predicted octanol–water partition coefficient (Wildman–Crippen LogP) is 3.05. The zero-order valence-electron chi connectivity index (χ0n) is 13.2. The van der Waals surface area contributed by atoms with Crippen molar-refractivity contribution in [1.29, 1.82) is 0 Å². The number of anilines is 1. The van der Waals surface area contributed by atoms with Crippen LogP contribution in [0.3, 0.4) is 0 Å². The van der Waals surface area contributed by atoms with Gasteiger partial charge in [0.05, 0.1) is 12.7 Å². The van der Waals surface area contributed by atoms with E-state index in [1.807, 2.05) is 25.1 Å². The molecule has 0 radical (unpaired) electrons. The fraction of sp³-hybridized carbons (Fsp3) is 0.222. The fourth-order valence-electron chi connectivity index (χ4n) is 2.03. The maximum atomic E-state index is 11.9. The number of ether oxygens (including phenoxy) is 2. The van der Waals surface area contributed by atoms with E-state index in [0.29, 0.717) is 17.0 Å². The summed E-state index contributed by atoms with van der Waals surface area (Å²) in [5, 5.41) is 2.71. The molecule has 0 spiro atoms. The lowest BCUT2D eigenvalue weighted by molar-refractivity contribution is -0.119. The average Bonchev–Trinajstić information content (AvgIpc) is 2.59. The summed E-state index contributed by atoms with van der Waals surface area (Å²) in [6.07, 6.45) is 0.883. The van der Waals surface area contributed by atoms with Crippen molar-refractivity contribution in [3.8, 4) is 5.75 Å². The number of aryl methyl sites for hydroxylation is 1. The summed E-state index contributed by atoms with van der Waals surface area (Å²) < 4.78 is 10.1. The van der Waals surface area contributed by atoms with Gasteiger partial charge in [0, 0.05) is 5.69 Å². The predicted molar refractivity (Wildman–Crippen MR) is 87.7 cm³/mol. The van der Waals surface area contributed by atoms with Gasteiger partial charge in [-0.15, -0.1) is 0 Å². The van der Waals surface area contributed by atoms with Gasteiger partial charge in [-0.25, -0.2) is 4.79 Å². The summed E-state index contributed by atoms with van der Waals surface area (Å²) in [5.41, 5.74) is 2.15. The first-order chi connectivity index (χ1) is 11.1. The minimum Gasteiger partial charge on any atom is -0.497 e. The van der Waals surface area contributed by atoms with E-state index < -0.39 is 5.97 Å². The van der Waals surface area contributed by atoms with E-state index in [1.54, 1.807) is 30.3 Å². The normalized spacial score (nSPS) is 10.0. The molecule has 120 valence electrons. The molecule has 2 rings (SSSR count). The van der Waals surface area contributed by atoms with Crippen molar-refractivity contribution in [1.82, 2.24) is 0 Å². The van der Waals surface area contributed by atoms with Crippen molar-refractivity contribution in [2.45, 2.75) is 13.3 Å². The number of methoxy groups -OCH3 is 1. The molecule has 1 N–H and O–H groups in total. The zero-order chi connectivity index (χ0) is 16.7. The molecule has 0 heterocycles. The molecule has 5 nitrogen and oxygen atoms in total. The quantitative estimate of drug-likeness (QED) is 0.833. The summed E-state index contributed by atoms with van der Waals surface area (Å²) >= 11 is 0. The summed E-state index contributed by atoms with van der Waals surface area (Å²) in [7, 11) is 1.52. The second-order valence-corrected chi connectivity index (χ2v) is 4.91. The van der Waals surface area contributed by atoms with Gasteiger partial charge in [0.2, 0.25) is 0 Å². The van der Waals surface area contributed by atoms with E-state index in [0.717, 1.165) is 12.0 Å². The molecule has 1 amide bonds. The highest BCUT2D eigenvalue weighted by Gasteiger charge is 2.11. The Morgan fingerprint density at radius 3 is 2.61 bits per heavy atom.